The van der Waals surface area contributed by atoms with Crippen LogP contribution in [-0.2, 0) is 0 Å². The van der Waals surface area contributed by atoms with Gasteiger partial charge in [0.2, 0.25) is 0 Å². The lowest BCUT2D eigenvalue weighted by Gasteiger charge is -2.12. The number of nitrogens with zero attached hydrogens (tertiary/aromatic N) is 2. The molecule has 0 rings (SSSR count). The normalized spacial score (nSPS) is 7.56. The molecule has 0 N–H and O–H groups in total. The van der Waals surface area contributed by atoms with E-state index in [0.717, 1.165) is 5.84 Å². The van der Waals surface area contributed by atoms with Gasteiger partial charge < -0.3 is 4.90 Å². The van der Waals surface area contributed by atoms with E-state index < -0.39 is 0 Å². The Kier molecular flexibility index (Phi) is 44.0. The first-order chi connectivity index (χ1) is 7.79. The van der Waals surface area contributed by atoms with Gasteiger partial charge in [-0.25, -0.2) is 0 Å². The fraction of sp³-hybridized carbons (Fsp3) is 0.500. The summed E-state index contributed by atoms with van der Waals surface area (Å²) in [4.78, 5) is 5.62. The van der Waals surface area contributed by atoms with E-state index in [1.165, 1.54) is 0 Å². The van der Waals surface area contributed by atoms with Gasteiger partial charge in [-0.15, -0.1) is 0 Å². The van der Waals surface area contributed by atoms with Crippen molar-refractivity contribution in [3.05, 3.63) is 38.2 Å². The molecule has 0 spiro atoms. The molecule has 0 aromatic carbocycles. The SMILES string of the molecule is C=CC(=NC)N(C=C)C=C.CC.CC.CC. The Morgan fingerprint density at radius 2 is 1.19 bits per heavy atom. The molecule has 0 aliphatic rings. The minimum Gasteiger partial charge on any atom is -0.310 e. The Hall–Kier alpha value is -1.31. The average Bonchev–Trinajstić information content (AvgIpc) is 2.42. The predicted molar refractivity (Wildman–Crippen MR) is 79.8 cm³/mol. The summed E-state index contributed by atoms with van der Waals surface area (Å²) in [6, 6.07) is 0. The van der Waals surface area contributed by atoms with Gasteiger partial charge in [-0.3, -0.25) is 4.99 Å². The molecule has 0 amide bonds. The lowest BCUT2D eigenvalue weighted by molar-refractivity contribution is 0.767. The van der Waals surface area contributed by atoms with E-state index in [-0.39, 0.29) is 0 Å². The lowest BCUT2D eigenvalue weighted by Crippen LogP contribution is -2.16. The fourth-order valence-electron chi connectivity index (χ4n) is 0.574. The third-order valence-corrected chi connectivity index (χ3v) is 1.07. The van der Waals surface area contributed by atoms with Gasteiger partial charge in [-0.1, -0.05) is 61.3 Å². The molecule has 0 fully saturated rings. The van der Waals surface area contributed by atoms with Crippen LogP contribution in [-0.4, -0.2) is 17.8 Å². The molecule has 0 aliphatic carbocycles. The molecule has 0 aromatic heterocycles. The second kappa shape index (κ2) is 29.2. The van der Waals surface area contributed by atoms with E-state index in [4.69, 9.17) is 0 Å². The highest BCUT2D eigenvalue weighted by Crippen LogP contribution is 1.92. The van der Waals surface area contributed by atoms with Crippen molar-refractivity contribution < 1.29 is 0 Å². The Balaban J connectivity index is -0.000000103. The van der Waals surface area contributed by atoms with Gasteiger partial charge in [-0.05, 0) is 6.08 Å². The van der Waals surface area contributed by atoms with E-state index in [2.05, 4.69) is 24.7 Å². The third kappa shape index (κ3) is 15.2. The van der Waals surface area contributed by atoms with Crippen molar-refractivity contribution in [1.82, 2.24) is 4.90 Å². The van der Waals surface area contributed by atoms with Crippen LogP contribution in [0.5, 0.6) is 0 Å². The molecule has 2 heteroatoms. The Bertz CT molecular complexity index is 162. The zero-order valence-electron chi connectivity index (χ0n) is 12.2. The molecule has 0 saturated heterocycles. The summed E-state index contributed by atoms with van der Waals surface area (Å²) >= 11 is 0. The van der Waals surface area contributed by atoms with Gasteiger partial charge in [0.25, 0.3) is 0 Å². The van der Waals surface area contributed by atoms with Crippen molar-refractivity contribution in [2.24, 2.45) is 4.99 Å². The molecule has 0 bridgehead atoms. The monoisotopic (exact) mass is 226 g/mol. The molecule has 0 saturated carbocycles. The van der Waals surface area contributed by atoms with Crippen LogP contribution >= 0.6 is 0 Å². The molecule has 16 heavy (non-hydrogen) atoms. The first-order valence-electron chi connectivity index (χ1n) is 5.92. The molecule has 96 valence electrons. The highest BCUT2D eigenvalue weighted by atomic mass is 15.1. The molecule has 0 aliphatic heterocycles. The van der Waals surface area contributed by atoms with Gasteiger partial charge in [-0.2, -0.15) is 0 Å². The van der Waals surface area contributed by atoms with Crippen molar-refractivity contribution in [2.75, 3.05) is 7.05 Å². The van der Waals surface area contributed by atoms with Crippen LogP contribution in [0.25, 0.3) is 0 Å². The number of rotatable bonds is 3. The summed E-state index contributed by atoms with van der Waals surface area (Å²) in [6.45, 7) is 22.7. The van der Waals surface area contributed by atoms with Crippen LogP contribution in [0.15, 0.2) is 43.2 Å². The van der Waals surface area contributed by atoms with E-state index in [0.29, 0.717) is 0 Å². The van der Waals surface area contributed by atoms with Crippen LogP contribution in [0.1, 0.15) is 41.5 Å². The lowest BCUT2D eigenvalue weighted by atomic mass is 10.5. The van der Waals surface area contributed by atoms with Crippen LogP contribution in [0.4, 0.5) is 0 Å². The maximum atomic E-state index is 3.93. The molecular weight excluding hydrogens is 196 g/mol. The maximum absolute atomic E-state index is 3.93. The molecule has 0 unspecified atom stereocenters. The molecular formula is C14H30N2. The number of amidine groups is 1. The summed E-state index contributed by atoms with van der Waals surface area (Å²) in [5.74, 6) is 0.741. The number of hydrogen-bond acceptors (Lipinski definition) is 1. The molecule has 0 aromatic rings. The van der Waals surface area contributed by atoms with Crippen molar-refractivity contribution in [3.8, 4) is 0 Å². The van der Waals surface area contributed by atoms with Crippen LogP contribution in [0, 0.1) is 0 Å². The summed E-state index contributed by atoms with van der Waals surface area (Å²) in [7, 11) is 1.69. The first-order valence-corrected chi connectivity index (χ1v) is 5.92. The summed E-state index contributed by atoms with van der Waals surface area (Å²) in [5.41, 5.74) is 0. The van der Waals surface area contributed by atoms with Gasteiger partial charge in [0, 0.05) is 19.4 Å². The van der Waals surface area contributed by atoms with Crippen LogP contribution in [0.2, 0.25) is 0 Å². The van der Waals surface area contributed by atoms with E-state index in [9.17, 15) is 0 Å². The number of hydrogen-bond donors (Lipinski definition) is 0. The van der Waals surface area contributed by atoms with Gasteiger partial charge in [0.05, 0.1) is 0 Å². The molecule has 0 heterocycles. The smallest absolute Gasteiger partial charge is 0.130 e. The van der Waals surface area contributed by atoms with Gasteiger partial charge in [0.1, 0.15) is 5.84 Å². The minimum atomic E-state index is 0.741. The quantitative estimate of drug-likeness (QED) is 0.495. The minimum absolute atomic E-state index is 0.741. The first kappa shape index (κ1) is 24.1. The highest BCUT2D eigenvalue weighted by Gasteiger charge is 1.95. The molecule has 0 atom stereocenters. The summed E-state index contributed by atoms with van der Waals surface area (Å²) < 4.78 is 0. The van der Waals surface area contributed by atoms with Gasteiger partial charge >= 0.3 is 0 Å². The second-order valence-electron chi connectivity index (χ2n) is 1.56. The largest absolute Gasteiger partial charge is 0.310 e. The summed E-state index contributed by atoms with van der Waals surface area (Å²) in [5, 5.41) is 0. The van der Waals surface area contributed by atoms with Crippen LogP contribution < -0.4 is 0 Å². The summed E-state index contributed by atoms with van der Waals surface area (Å²) in [6.07, 6.45) is 4.89. The molecule has 2 nitrogen and oxygen atoms in total. The van der Waals surface area contributed by atoms with Crippen molar-refractivity contribution in [2.45, 2.75) is 41.5 Å². The Labute approximate surface area is 103 Å². The van der Waals surface area contributed by atoms with E-state index >= 15 is 0 Å². The van der Waals surface area contributed by atoms with Gasteiger partial charge in [0.15, 0.2) is 0 Å². The predicted octanol–water partition coefficient (Wildman–Crippen LogP) is 4.87. The highest BCUT2D eigenvalue weighted by molar-refractivity contribution is 5.93. The maximum Gasteiger partial charge on any atom is 0.130 e. The Morgan fingerprint density at radius 3 is 1.25 bits per heavy atom. The zero-order valence-corrected chi connectivity index (χ0v) is 12.2. The average molecular weight is 226 g/mol. The topological polar surface area (TPSA) is 15.6 Å². The third-order valence-electron chi connectivity index (χ3n) is 1.07. The fourth-order valence-corrected chi connectivity index (χ4v) is 0.574. The number of aliphatic imine (C=N–C) groups is 1. The zero-order chi connectivity index (χ0) is 14.0. The van der Waals surface area contributed by atoms with Crippen molar-refractivity contribution >= 4 is 5.84 Å². The van der Waals surface area contributed by atoms with Crippen molar-refractivity contribution in [1.29, 1.82) is 0 Å². The molecule has 0 radical (unpaired) electrons. The van der Waals surface area contributed by atoms with Crippen LogP contribution in [0.3, 0.4) is 0 Å². The van der Waals surface area contributed by atoms with E-state index in [1.807, 2.05) is 41.5 Å². The van der Waals surface area contributed by atoms with E-state index in [1.54, 1.807) is 30.4 Å². The Morgan fingerprint density at radius 1 is 0.875 bits per heavy atom. The standard InChI is InChI=1S/C8H12N2.3C2H6/c1-5-8(9-4)10(6-2)7-3;3*1-2/h5-7H,1-3H2,4H3;3*1-2H3. The second-order valence-corrected chi connectivity index (χ2v) is 1.56. The van der Waals surface area contributed by atoms with Crippen molar-refractivity contribution in [3.63, 3.8) is 0 Å².